The SMILES string of the molecule is O=C(O)[C@H]1CC(=O)N(CCc2cccnc2)[C@H]1c1ccsc1. The van der Waals surface area contributed by atoms with Crippen molar-refractivity contribution in [2.75, 3.05) is 6.54 Å². The highest BCUT2D eigenvalue weighted by atomic mass is 32.1. The van der Waals surface area contributed by atoms with Gasteiger partial charge in [0.05, 0.1) is 12.0 Å². The van der Waals surface area contributed by atoms with Crippen LogP contribution in [0.1, 0.15) is 23.6 Å². The third kappa shape index (κ3) is 2.87. The zero-order valence-electron chi connectivity index (χ0n) is 11.9. The molecule has 1 saturated heterocycles. The minimum absolute atomic E-state index is 0.0723. The predicted octanol–water partition coefficient (Wildman–Crippen LogP) is 2.36. The van der Waals surface area contributed by atoms with Crippen molar-refractivity contribution in [1.82, 2.24) is 9.88 Å². The van der Waals surface area contributed by atoms with Gasteiger partial charge in [0, 0.05) is 25.4 Å². The van der Waals surface area contributed by atoms with Crippen molar-refractivity contribution in [3.05, 3.63) is 52.5 Å². The van der Waals surface area contributed by atoms with Crippen molar-refractivity contribution in [2.24, 2.45) is 5.92 Å². The van der Waals surface area contributed by atoms with Crippen LogP contribution in [0.25, 0.3) is 0 Å². The molecule has 2 atom stereocenters. The van der Waals surface area contributed by atoms with Gasteiger partial charge >= 0.3 is 5.97 Å². The molecule has 3 rings (SSSR count). The minimum atomic E-state index is -0.909. The maximum atomic E-state index is 12.3. The lowest BCUT2D eigenvalue weighted by atomic mass is 9.95. The second kappa shape index (κ2) is 6.27. The van der Waals surface area contributed by atoms with Crippen LogP contribution in [0.3, 0.4) is 0 Å². The van der Waals surface area contributed by atoms with E-state index in [1.807, 2.05) is 29.0 Å². The normalized spacial score (nSPS) is 21.3. The van der Waals surface area contributed by atoms with Crippen molar-refractivity contribution >= 4 is 23.2 Å². The van der Waals surface area contributed by atoms with Gasteiger partial charge in [-0.3, -0.25) is 14.6 Å². The second-order valence-electron chi connectivity index (χ2n) is 5.35. The zero-order chi connectivity index (χ0) is 15.5. The zero-order valence-corrected chi connectivity index (χ0v) is 12.7. The van der Waals surface area contributed by atoms with Crippen LogP contribution >= 0.6 is 11.3 Å². The van der Waals surface area contributed by atoms with E-state index in [4.69, 9.17) is 0 Å². The Kier molecular flexibility index (Phi) is 4.20. The highest BCUT2D eigenvalue weighted by Crippen LogP contribution is 2.39. The van der Waals surface area contributed by atoms with E-state index in [0.29, 0.717) is 13.0 Å². The van der Waals surface area contributed by atoms with Crippen LogP contribution in [0, 0.1) is 5.92 Å². The Balaban J connectivity index is 1.81. The summed E-state index contributed by atoms with van der Waals surface area (Å²) < 4.78 is 0. The molecule has 5 nitrogen and oxygen atoms in total. The van der Waals surface area contributed by atoms with Gasteiger partial charge in [-0.1, -0.05) is 6.07 Å². The molecule has 1 aliphatic heterocycles. The molecule has 114 valence electrons. The van der Waals surface area contributed by atoms with E-state index >= 15 is 0 Å². The van der Waals surface area contributed by atoms with Gasteiger partial charge in [0.1, 0.15) is 0 Å². The summed E-state index contributed by atoms with van der Waals surface area (Å²) in [7, 11) is 0. The van der Waals surface area contributed by atoms with Crippen molar-refractivity contribution in [3.8, 4) is 0 Å². The van der Waals surface area contributed by atoms with Gasteiger partial charge in [-0.15, -0.1) is 0 Å². The van der Waals surface area contributed by atoms with Gasteiger partial charge in [0.25, 0.3) is 0 Å². The molecular formula is C16H16N2O3S. The molecular weight excluding hydrogens is 300 g/mol. The molecule has 1 fully saturated rings. The molecule has 1 N–H and O–H groups in total. The minimum Gasteiger partial charge on any atom is -0.481 e. The Morgan fingerprint density at radius 2 is 2.32 bits per heavy atom. The summed E-state index contributed by atoms with van der Waals surface area (Å²) in [5.74, 6) is -1.67. The first kappa shape index (κ1) is 14.7. The van der Waals surface area contributed by atoms with Crippen LogP contribution in [0.5, 0.6) is 0 Å². The number of rotatable bonds is 5. The molecule has 2 aromatic heterocycles. The van der Waals surface area contributed by atoms with Crippen molar-refractivity contribution in [2.45, 2.75) is 18.9 Å². The number of aliphatic carboxylic acids is 1. The predicted molar refractivity (Wildman–Crippen MR) is 82.5 cm³/mol. The molecule has 0 bridgehead atoms. The molecule has 0 radical (unpaired) electrons. The smallest absolute Gasteiger partial charge is 0.309 e. The molecule has 0 unspecified atom stereocenters. The van der Waals surface area contributed by atoms with Crippen LogP contribution in [-0.4, -0.2) is 33.4 Å². The molecule has 6 heteroatoms. The lowest BCUT2D eigenvalue weighted by Gasteiger charge is -2.26. The fourth-order valence-corrected chi connectivity index (χ4v) is 3.62. The van der Waals surface area contributed by atoms with Crippen LogP contribution < -0.4 is 0 Å². The van der Waals surface area contributed by atoms with E-state index in [1.54, 1.807) is 17.3 Å². The fourth-order valence-electron chi connectivity index (χ4n) is 2.93. The Morgan fingerprint density at radius 3 is 2.95 bits per heavy atom. The highest BCUT2D eigenvalue weighted by molar-refractivity contribution is 7.08. The van der Waals surface area contributed by atoms with Crippen molar-refractivity contribution in [1.29, 1.82) is 0 Å². The summed E-state index contributed by atoms with van der Waals surface area (Å²) in [5.41, 5.74) is 1.95. The number of hydrogen-bond donors (Lipinski definition) is 1. The number of carbonyl (C=O) groups excluding carboxylic acids is 1. The maximum Gasteiger partial charge on any atom is 0.309 e. The van der Waals surface area contributed by atoms with Crippen LogP contribution in [0.15, 0.2) is 41.4 Å². The number of pyridine rings is 1. The van der Waals surface area contributed by atoms with Crippen LogP contribution in [0.4, 0.5) is 0 Å². The lowest BCUT2D eigenvalue weighted by molar-refractivity contribution is -0.142. The number of carbonyl (C=O) groups is 2. The number of aromatic nitrogens is 1. The van der Waals surface area contributed by atoms with E-state index < -0.39 is 11.9 Å². The third-order valence-corrected chi connectivity index (χ3v) is 4.70. The Bertz CT molecular complexity index is 657. The van der Waals surface area contributed by atoms with E-state index in [1.165, 1.54) is 11.3 Å². The quantitative estimate of drug-likeness (QED) is 0.919. The van der Waals surface area contributed by atoms with Gasteiger partial charge in [-0.2, -0.15) is 11.3 Å². The molecule has 0 aromatic carbocycles. The Hall–Kier alpha value is -2.21. The Morgan fingerprint density at radius 1 is 1.45 bits per heavy atom. The lowest BCUT2D eigenvalue weighted by Crippen LogP contribution is -2.32. The van der Waals surface area contributed by atoms with Gasteiger partial charge in [0.15, 0.2) is 0 Å². The van der Waals surface area contributed by atoms with E-state index in [2.05, 4.69) is 4.98 Å². The summed E-state index contributed by atoms with van der Waals surface area (Å²) >= 11 is 1.52. The first-order valence-corrected chi connectivity index (χ1v) is 8.04. The monoisotopic (exact) mass is 316 g/mol. The Labute approximate surface area is 132 Å². The molecule has 1 aliphatic rings. The average molecular weight is 316 g/mol. The maximum absolute atomic E-state index is 12.3. The van der Waals surface area contributed by atoms with Crippen LogP contribution in [-0.2, 0) is 16.0 Å². The van der Waals surface area contributed by atoms with Gasteiger partial charge in [-0.05, 0) is 40.4 Å². The van der Waals surface area contributed by atoms with E-state index in [0.717, 1.165) is 11.1 Å². The summed E-state index contributed by atoms with van der Waals surface area (Å²) in [6, 6.07) is 5.35. The summed E-state index contributed by atoms with van der Waals surface area (Å²) in [4.78, 5) is 29.5. The topological polar surface area (TPSA) is 70.5 Å². The van der Waals surface area contributed by atoms with Crippen molar-refractivity contribution in [3.63, 3.8) is 0 Å². The summed E-state index contributed by atoms with van der Waals surface area (Å²) in [6.45, 7) is 0.509. The molecule has 3 heterocycles. The molecule has 2 aromatic rings. The fraction of sp³-hybridized carbons (Fsp3) is 0.312. The number of carboxylic acid groups (broad SMARTS) is 1. The molecule has 0 saturated carbocycles. The van der Waals surface area contributed by atoms with Gasteiger partial charge in [-0.25, -0.2) is 0 Å². The number of likely N-dealkylation sites (tertiary alicyclic amines) is 1. The molecule has 0 aliphatic carbocycles. The third-order valence-electron chi connectivity index (χ3n) is 4.00. The summed E-state index contributed by atoms with van der Waals surface area (Å²) in [6.07, 6.45) is 4.23. The highest BCUT2D eigenvalue weighted by Gasteiger charge is 2.44. The van der Waals surface area contributed by atoms with E-state index in [-0.39, 0.29) is 18.4 Å². The molecule has 1 amide bonds. The molecule has 22 heavy (non-hydrogen) atoms. The van der Waals surface area contributed by atoms with E-state index in [9.17, 15) is 14.7 Å². The number of amides is 1. The largest absolute Gasteiger partial charge is 0.481 e. The number of hydrogen-bond acceptors (Lipinski definition) is 4. The standard InChI is InChI=1S/C16H16N2O3S/c19-14-8-13(16(20)21)15(12-4-7-22-10-12)18(14)6-3-11-2-1-5-17-9-11/h1-2,4-5,7,9-10,13,15H,3,6,8H2,(H,20,21)/t13-,15-/m0/s1. The van der Waals surface area contributed by atoms with Gasteiger partial charge in [0.2, 0.25) is 5.91 Å². The van der Waals surface area contributed by atoms with Gasteiger partial charge < -0.3 is 10.0 Å². The summed E-state index contributed by atoms with van der Waals surface area (Å²) in [5, 5.41) is 13.3. The second-order valence-corrected chi connectivity index (χ2v) is 6.13. The molecule has 0 spiro atoms. The van der Waals surface area contributed by atoms with Crippen LogP contribution in [0.2, 0.25) is 0 Å². The number of thiophene rings is 1. The first-order chi connectivity index (χ1) is 10.7. The number of carboxylic acids is 1. The average Bonchev–Trinajstić information content (AvgIpc) is 3.13. The van der Waals surface area contributed by atoms with Crippen molar-refractivity contribution < 1.29 is 14.7 Å². The first-order valence-electron chi connectivity index (χ1n) is 7.10. The number of nitrogens with zero attached hydrogens (tertiary/aromatic N) is 2.